The highest BCUT2D eigenvalue weighted by atomic mass is 35.5. The van der Waals surface area contributed by atoms with Crippen LogP contribution in [-0.4, -0.2) is 20.3 Å². The summed E-state index contributed by atoms with van der Waals surface area (Å²) in [5.41, 5.74) is 0.702. The van der Waals surface area contributed by atoms with Gasteiger partial charge in [0, 0.05) is 29.8 Å². The number of halogens is 2. The fraction of sp³-hybridized carbons (Fsp3) is 0.571. The van der Waals surface area contributed by atoms with Crippen LogP contribution in [-0.2, 0) is 4.74 Å². The first-order valence-corrected chi connectivity index (χ1v) is 6.78. The predicted octanol–water partition coefficient (Wildman–Crippen LogP) is 3.56. The second-order valence-corrected chi connectivity index (χ2v) is 5.23. The van der Waals surface area contributed by atoms with Crippen LogP contribution in [0, 0.1) is 11.7 Å². The van der Waals surface area contributed by atoms with E-state index in [1.165, 1.54) is 6.07 Å². The van der Waals surface area contributed by atoms with Gasteiger partial charge in [0.2, 0.25) is 0 Å². The van der Waals surface area contributed by atoms with Gasteiger partial charge in [-0.2, -0.15) is 0 Å². The van der Waals surface area contributed by atoms with Gasteiger partial charge < -0.3 is 10.1 Å². The van der Waals surface area contributed by atoms with E-state index in [9.17, 15) is 4.39 Å². The van der Waals surface area contributed by atoms with E-state index in [0.29, 0.717) is 16.5 Å². The highest BCUT2D eigenvalue weighted by Gasteiger charge is 2.21. The summed E-state index contributed by atoms with van der Waals surface area (Å²) in [6.45, 7) is 1.65. The molecule has 4 heteroatoms. The van der Waals surface area contributed by atoms with Gasteiger partial charge in [0.15, 0.2) is 0 Å². The molecule has 0 amide bonds. The van der Waals surface area contributed by atoms with Gasteiger partial charge in [-0.15, -0.1) is 0 Å². The van der Waals surface area contributed by atoms with Crippen LogP contribution >= 0.6 is 11.6 Å². The molecule has 1 N–H and O–H groups in total. The lowest BCUT2D eigenvalue weighted by Gasteiger charge is -2.27. The van der Waals surface area contributed by atoms with Crippen LogP contribution in [0.2, 0.25) is 5.02 Å². The molecule has 1 aliphatic heterocycles. The van der Waals surface area contributed by atoms with Gasteiger partial charge in [-0.1, -0.05) is 17.7 Å². The first-order valence-electron chi connectivity index (χ1n) is 6.40. The molecule has 100 valence electrons. The molecule has 1 unspecified atom stereocenters. The van der Waals surface area contributed by atoms with Crippen molar-refractivity contribution >= 4 is 11.6 Å². The Hall–Kier alpha value is -0.640. The van der Waals surface area contributed by atoms with Crippen molar-refractivity contribution in [1.29, 1.82) is 0 Å². The van der Waals surface area contributed by atoms with E-state index in [-0.39, 0.29) is 11.9 Å². The van der Waals surface area contributed by atoms with Gasteiger partial charge in [-0.05, 0) is 44.4 Å². The quantitative estimate of drug-likeness (QED) is 0.904. The van der Waals surface area contributed by atoms with Crippen LogP contribution in [0.3, 0.4) is 0 Å². The molecule has 18 heavy (non-hydrogen) atoms. The van der Waals surface area contributed by atoms with Crippen molar-refractivity contribution in [2.45, 2.75) is 25.3 Å². The zero-order valence-electron chi connectivity index (χ0n) is 10.6. The molecule has 1 heterocycles. The fourth-order valence-electron chi connectivity index (χ4n) is 2.50. The zero-order chi connectivity index (χ0) is 13.0. The van der Waals surface area contributed by atoms with Crippen LogP contribution in [0.15, 0.2) is 18.2 Å². The van der Waals surface area contributed by atoms with Crippen molar-refractivity contribution in [3.8, 4) is 0 Å². The third kappa shape index (κ3) is 3.44. The molecule has 0 bridgehead atoms. The first-order chi connectivity index (χ1) is 8.70. The molecule has 1 aromatic carbocycles. The Morgan fingerprint density at radius 2 is 2.17 bits per heavy atom. The summed E-state index contributed by atoms with van der Waals surface area (Å²) in [5, 5.41) is 3.64. The predicted molar refractivity (Wildman–Crippen MR) is 71.4 cm³/mol. The lowest BCUT2D eigenvalue weighted by molar-refractivity contribution is 0.0607. The minimum atomic E-state index is -0.228. The molecule has 0 aromatic heterocycles. The molecule has 2 nitrogen and oxygen atoms in total. The minimum absolute atomic E-state index is 0.0466. The second kappa shape index (κ2) is 6.50. The molecule has 0 saturated carbocycles. The van der Waals surface area contributed by atoms with Crippen LogP contribution in [0.5, 0.6) is 0 Å². The summed E-state index contributed by atoms with van der Waals surface area (Å²) in [7, 11) is 1.87. The summed E-state index contributed by atoms with van der Waals surface area (Å²) in [5.74, 6) is 0.375. The van der Waals surface area contributed by atoms with Gasteiger partial charge in [-0.3, -0.25) is 0 Å². The maximum atomic E-state index is 13.9. The lowest BCUT2D eigenvalue weighted by Crippen LogP contribution is -2.24. The van der Waals surface area contributed by atoms with Crippen molar-refractivity contribution in [2.24, 2.45) is 5.92 Å². The zero-order valence-corrected chi connectivity index (χ0v) is 11.3. The van der Waals surface area contributed by atoms with Crippen molar-refractivity contribution in [3.63, 3.8) is 0 Å². The molecule has 0 spiro atoms. The highest BCUT2D eigenvalue weighted by Crippen LogP contribution is 2.29. The number of benzene rings is 1. The van der Waals surface area contributed by atoms with E-state index < -0.39 is 0 Å². The van der Waals surface area contributed by atoms with Gasteiger partial charge in [-0.25, -0.2) is 4.39 Å². The fourth-order valence-corrected chi connectivity index (χ4v) is 2.66. The Bertz CT molecular complexity index is 393. The Balaban J connectivity index is 2.07. The highest BCUT2D eigenvalue weighted by molar-refractivity contribution is 6.30. The lowest BCUT2D eigenvalue weighted by atomic mass is 9.89. The van der Waals surface area contributed by atoms with E-state index in [1.807, 2.05) is 7.05 Å². The molecule has 1 aliphatic rings. The molecule has 2 rings (SSSR count). The van der Waals surface area contributed by atoms with E-state index in [2.05, 4.69) is 5.32 Å². The first kappa shape index (κ1) is 13.8. The molecular formula is C14H19ClFNO. The monoisotopic (exact) mass is 271 g/mol. The average Bonchev–Trinajstić information content (AvgIpc) is 2.38. The van der Waals surface area contributed by atoms with Crippen molar-refractivity contribution in [3.05, 3.63) is 34.6 Å². The van der Waals surface area contributed by atoms with Crippen LogP contribution in [0.1, 0.15) is 30.9 Å². The Kier molecular flexibility index (Phi) is 4.98. The van der Waals surface area contributed by atoms with Crippen molar-refractivity contribution in [1.82, 2.24) is 5.32 Å². The third-order valence-corrected chi connectivity index (χ3v) is 3.83. The summed E-state index contributed by atoms with van der Waals surface area (Å²) >= 11 is 5.78. The Morgan fingerprint density at radius 1 is 1.44 bits per heavy atom. The van der Waals surface area contributed by atoms with E-state index >= 15 is 0 Å². The molecule has 1 fully saturated rings. The normalized spacial score (nSPS) is 18.8. The summed E-state index contributed by atoms with van der Waals surface area (Å²) in [6.07, 6.45) is 3.07. The average molecular weight is 272 g/mol. The smallest absolute Gasteiger partial charge is 0.129 e. The largest absolute Gasteiger partial charge is 0.381 e. The Labute approximate surface area is 112 Å². The molecule has 0 radical (unpaired) electrons. The van der Waals surface area contributed by atoms with Gasteiger partial charge in [0.25, 0.3) is 0 Å². The van der Waals surface area contributed by atoms with E-state index in [0.717, 1.165) is 32.5 Å². The topological polar surface area (TPSA) is 21.3 Å². The number of hydrogen-bond acceptors (Lipinski definition) is 2. The van der Waals surface area contributed by atoms with Crippen LogP contribution in [0.25, 0.3) is 0 Å². The molecular weight excluding hydrogens is 253 g/mol. The van der Waals surface area contributed by atoms with Gasteiger partial charge in [0.1, 0.15) is 5.82 Å². The molecule has 1 atom stereocenters. The number of hydrogen-bond donors (Lipinski definition) is 1. The van der Waals surface area contributed by atoms with Crippen molar-refractivity contribution < 1.29 is 9.13 Å². The summed E-state index contributed by atoms with van der Waals surface area (Å²) < 4.78 is 19.2. The number of nitrogens with one attached hydrogen (secondary N) is 1. The molecule has 1 aromatic rings. The minimum Gasteiger partial charge on any atom is -0.381 e. The van der Waals surface area contributed by atoms with Crippen molar-refractivity contribution in [2.75, 3.05) is 20.3 Å². The Morgan fingerprint density at radius 3 is 2.78 bits per heavy atom. The number of ether oxygens (including phenoxy) is 1. The summed E-state index contributed by atoms with van der Waals surface area (Å²) in [4.78, 5) is 0. The number of rotatable bonds is 4. The second-order valence-electron chi connectivity index (χ2n) is 4.80. The third-order valence-electron chi connectivity index (χ3n) is 3.60. The standard InChI is InChI=1S/C14H19ClFNO/c1-17-14(8-10-4-6-18-7-5-10)12-3-2-11(15)9-13(12)16/h2-3,9-10,14,17H,4-8H2,1H3. The van der Waals surface area contributed by atoms with E-state index in [4.69, 9.17) is 16.3 Å². The van der Waals surface area contributed by atoms with E-state index in [1.54, 1.807) is 12.1 Å². The molecule has 1 saturated heterocycles. The van der Waals surface area contributed by atoms with Crippen LogP contribution < -0.4 is 5.32 Å². The SMILES string of the molecule is CNC(CC1CCOCC1)c1ccc(Cl)cc1F. The molecule has 0 aliphatic carbocycles. The van der Waals surface area contributed by atoms with Gasteiger partial charge in [0.05, 0.1) is 0 Å². The van der Waals surface area contributed by atoms with Crippen LogP contribution in [0.4, 0.5) is 4.39 Å². The van der Waals surface area contributed by atoms with Gasteiger partial charge >= 0.3 is 0 Å². The summed E-state index contributed by atoms with van der Waals surface area (Å²) in [6, 6.07) is 4.95. The maximum Gasteiger partial charge on any atom is 0.129 e. The maximum absolute atomic E-state index is 13.9.